The van der Waals surface area contributed by atoms with Gasteiger partial charge in [-0.05, 0) is 68.9 Å². The molecule has 214 valence electrons. The van der Waals surface area contributed by atoms with Crippen LogP contribution in [0.4, 0.5) is 14.6 Å². The number of pyridine rings is 2. The van der Waals surface area contributed by atoms with E-state index in [-0.39, 0.29) is 36.5 Å². The van der Waals surface area contributed by atoms with Crippen molar-refractivity contribution in [3.8, 4) is 5.69 Å². The fourth-order valence-electron chi connectivity index (χ4n) is 5.96. The van der Waals surface area contributed by atoms with Gasteiger partial charge < -0.3 is 10.6 Å². The highest BCUT2D eigenvalue weighted by Crippen LogP contribution is 2.38. The Morgan fingerprint density at radius 1 is 1.02 bits per heavy atom. The van der Waals surface area contributed by atoms with E-state index in [4.69, 9.17) is 11.6 Å². The third kappa shape index (κ3) is 5.70. The lowest BCUT2D eigenvalue weighted by atomic mass is 9.85. The molecule has 2 fully saturated rings. The molecular weight excluding hydrogens is 550 g/mol. The topological polar surface area (TPSA) is 93.8 Å². The van der Waals surface area contributed by atoms with Crippen molar-refractivity contribution < 1.29 is 13.6 Å². The lowest BCUT2D eigenvalue weighted by molar-refractivity contribution is -0.0794. The van der Waals surface area contributed by atoms with E-state index in [1.807, 2.05) is 28.8 Å². The second-order valence-corrected chi connectivity index (χ2v) is 11.6. The van der Waals surface area contributed by atoms with Gasteiger partial charge in [0, 0.05) is 37.7 Å². The second kappa shape index (κ2) is 10.9. The molecule has 0 spiro atoms. The molecule has 2 saturated carbocycles. The highest BCUT2D eigenvalue weighted by Gasteiger charge is 2.45. The van der Waals surface area contributed by atoms with Crippen molar-refractivity contribution in [2.24, 2.45) is 5.92 Å². The number of anilines is 1. The summed E-state index contributed by atoms with van der Waals surface area (Å²) in [6.45, 7) is 2.36. The van der Waals surface area contributed by atoms with Gasteiger partial charge in [0.25, 0.3) is 11.8 Å². The number of nitrogens with one attached hydrogen (secondary N) is 2. The molecule has 8 nitrogen and oxygen atoms in total. The van der Waals surface area contributed by atoms with Crippen molar-refractivity contribution in [3.63, 3.8) is 0 Å². The summed E-state index contributed by atoms with van der Waals surface area (Å²) in [6.07, 6.45) is 6.14. The number of carbonyl (C=O) groups is 1. The highest BCUT2D eigenvalue weighted by atomic mass is 35.5. The number of amides is 1. The van der Waals surface area contributed by atoms with Crippen molar-refractivity contribution in [3.05, 3.63) is 81.6 Å². The van der Waals surface area contributed by atoms with Crippen LogP contribution in [0.25, 0.3) is 16.7 Å². The molecule has 0 unspecified atom stereocenters. The first kappa shape index (κ1) is 27.4. The van der Waals surface area contributed by atoms with Crippen LogP contribution >= 0.6 is 11.6 Å². The fourth-order valence-corrected chi connectivity index (χ4v) is 6.12. The van der Waals surface area contributed by atoms with Crippen LogP contribution in [0, 0.1) is 12.8 Å². The van der Waals surface area contributed by atoms with Gasteiger partial charge in [-0.2, -0.15) is 0 Å². The maximum atomic E-state index is 13.7. The van der Waals surface area contributed by atoms with E-state index < -0.39 is 5.92 Å². The Labute approximate surface area is 240 Å². The zero-order chi connectivity index (χ0) is 28.7. The zero-order valence-corrected chi connectivity index (χ0v) is 23.4. The van der Waals surface area contributed by atoms with Crippen LogP contribution in [0.2, 0.25) is 5.02 Å². The standard InChI is InChI=1S/C30H31ClF2N6O2/c1-18-24(12-20(31)15-34-18)28(40)37-21-8-6-19(7-9-21)17-38-25-4-2-3-5-26(25)39(29(38)41)23-10-11-27(35-16-23)36-22-13-30(32,33)14-22/h2-5,10-12,15-16,19,21-22H,6-9,13-14,17H2,1H3,(H,35,36)(H,37,40). The number of alkyl halides is 2. The molecule has 0 aliphatic heterocycles. The molecule has 0 saturated heterocycles. The molecule has 1 amide bonds. The van der Waals surface area contributed by atoms with Gasteiger partial charge in [0.2, 0.25) is 0 Å². The minimum atomic E-state index is -2.60. The molecule has 11 heteroatoms. The SMILES string of the molecule is Cc1ncc(Cl)cc1C(=O)NC1CCC(Cn2c(=O)n(-c3ccc(NC4CC(F)(F)C4)nc3)c3ccccc32)CC1. The van der Waals surface area contributed by atoms with Crippen molar-refractivity contribution in [1.29, 1.82) is 0 Å². The molecule has 0 radical (unpaired) electrons. The minimum absolute atomic E-state index is 0.0551. The average molecular weight is 581 g/mol. The molecule has 2 aliphatic carbocycles. The lowest BCUT2D eigenvalue weighted by Crippen LogP contribution is -2.44. The van der Waals surface area contributed by atoms with Gasteiger partial charge in [-0.1, -0.05) is 23.7 Å². The normalized spacial score (nSPS) is 20.5. The number of hydrogen-bond donors (Lipinski definition) is 2. The number of aryl methyl sites for hydroxylation is 1. The predicted octanol–water partition coefficient (Wildman–Crippen LogP) is 5.74. The molecule has 2 N–H and O–H groups in total. The van der Waals surface area contributed by atoms with E-state index >= 15 is 0 Å². The Morgan fingerprint density at radius 3 is 2.44 bits per heavy atom. The van der Waals surface area contributed by atoms with E-state index in [9.17, 15) is 18.4 Å². The van der Waals surface area contributed by atoms with Crippen LogP contribution in [-0.2, 0) is 6.54 Å². The van der Waals surface area contributed by atoms with Gasteiger partial charge in [-0.3, -0.25) is 18.9 Å². The minimum Gasteiger partial charge on any atom is -0.367 e. The Hall–Kier alpha value is -3.79. The number of aromatic nitrogens is 4. The summed E-state index contributed by atoms with van der Waals surface area (Å²) >= 11 is 6.03. The summed E-state index contributed by atoms with van der Waals surface area (Å²) in [6, 6.07) is 12.6. The quantitative estimate of drug-likeness (QED) is 0.291. The number of para-hydroxylation sites is 2. The Morgan fingerprint density at radius 2 is 1.76 bits per heavy atom. The number of nitrogens with zero attached hydrogens (tertiary/aromatic N) is 4. The predicted molar refractivity (Wildman–Crippen MR) is 154 cm³/mol. The largest absolute Gasteiger partial charge is 0.367 e. The molecule has 3 heterocycles. The van der Waals surface area contributed by atoms with Crippen molar-refractivity contribution in [2.75, 3.05) is 5.32 Å². The molecule has 4 aromatic rings. The van der Waals surface area contributed by atoms with Crippen LogP contribution in [0.3, 0.4) is 0 Å². The molecule has 0 atom stereocenters. The molecule has 41 heavy (non-hydrogen) atoms. The lowest BCUT2D eigenvalue weighted by Gasteiger charge is -2.35. The van der Waals surface area contributed by atoms with Gasteiger partial charge in [-0.25, -0.2) is 18.6 Å². The summed E-state index contributed by atoms with van der Waals surface area (Å²) in [5.74, 6) is -1.97. The first-order chi connectivity index (χ1) is 19.7. The monoisotopic (exact) mass is 580 g/mol. The van der Waals surface area contributed by atoms with E-state index in [1.165, 1.54) is 6.20 Å². The maximum absolute atomic E-state index is 13.7. The average Bonchev–Trinajstić information content (AvgIpc) is 3.21. The maximum Gasteiger partial charge on any atom is 0.333 e. The molecule has 6 rings (SSSR count). The van der Waals surface area contributed by atoms with Gasteiger partial charge >= 0.3 is 5.69 Å². The van der Waals surface area contributed by atoms with Crippen LogP contribution in [-0.4, -0.2) is 43.0 Å². The van der Waals surface area contributed by atoms with E-state index in [0.717, 1.165) is 36.7 Å². The first-order valence-corrected chi connectivity index (χ1v) is 14.3. The smallest absolute Gasteiger partial charge is 0.333 e. The van der Waals surface area contributed by atoms with Crippen LogP contribution in [0.5, 0.6) is 0 Å². The first-order valence-electron chi connectivity index (χ1n) is 13.9. The summed E-state index contributed by atoms with van der Waals surface area (Å²) in [7, 11) is 0. The fraction of sp³-hybridized carbons (Fsp3) is 0.400. The van der Waals surface area contributed by atoms with Gasteiger partial charge in [0.15, 0.2) is 0 Å². The van der Waals surface area contributed by atoms with E-state index in [1.54, 1.807) is 35.9 Å². The third-order valence-corrected chi connectivity index (χ3v) is 8.41. The molecule has 3 aromatic heterocycles. The number of fused-ring (bicyclic) bond motifs is 1. The number of benzene rings is 1. The van der Waals surface area contributed by atoms with Crippen LogP contribution in [0.1, 0.15) is 54.6 Å². The number of halogens is 3. The number of rotatable bonds is 7. The zero-order valence-electron chi connectivity index (χ0n) is 22.6. The summed E-state index contributed by atoms with van der Waals surface area (Å²) in [4.78, 5) is 35.1. The Bertz CT molecular complexity index is 1640. The van der Waals surface area contributed by atoms with Crippen LogP contribution < -0.4 is 16.3 Å². The van der Waals surface area contributed by atoms with Crippen molar-refractivity contribution in [2.45, 2.75) is 70.0 Å². The van der Waals surface area contributed by atoms with Crippen molar-refractivity contribution >= 4 is 34.4 Å². The van der Waals surface area contributed by atoms with Crippen molar-refractivity contribution in [1.82, 2.24) is 24.4 Å². The number of hydrogen-bond acceptors (Lipinski definition) is 5. The second-order valence-electron chi connectivity index (χ2n) is 11.2. The Kier molecular flexibility index (Phi) is 7.27. The summed E-state index contributed by atoms with van der Waals surface area (Å²) < 4.78 is 29.8. The number of carbonyl (C=O) groups excluding carboxylic acids is 1. The highest BCUT2D eigenvalue weighted by molar-refractivity contribution is 6.30. The van der Waals surface area contributed by atoms with Crippen LogP contribution in [0.15, 0.2) is 59.7 Å². The third-order valence-electron chi connectivity index (χ3n) is 8.20. The molecular formula is C30H31ClF2N6O2. The van der Waals surface area contributed by atoms with Gasteiger partial charge in [0.1, 0.15) is 5.82 Å². The van der Waals surface area contributed by atoms with Gasteiger partial charge in [0.05, 0.1) is 39.2 Å². The molecule has 1 aromatic carbocycles. The Balaban J connectivity index is 1.14. The van der Waals surface area contributed by atoms with Gasteiger partial charge in [-0.15, -0.1) is 0 Å². The summed E-state index contributed by atoms with van der Waals surface area (Å²) in [5.41, 5.74) is 3.22. The molecule has 2 aliphatic rings. The van der Waals surface area contributed by atoms with E-state index in [0.29, 0.717) is 40.2 Å². The number of imidazole rings is 1. The molecule has 0 bridgehead atoms. The van der Waals surface area contributed by atoms with E-state index in [2.05, 4.69) is 20.6 Å². The summed E-state index contributed by atoms with van der Waals surface area (Å²) in [5, 5.41) is 6.59.